The van der Waals surface area contributed by atoms with Gasteiger partial charge in [0.1, 0.15) is 0 Å². The van der Waals surface area contributed by atoms with Gasteiger partial charge in [-0.05, 0) is 30.9 Å². The quantitative estimate of drug-likeness (QED) is 0.789. The molecule has 0 bridgehead atoms. The van der Waals surface area contributed by atoms with Gasteiger partial charge in [-0.2, -0.15) is 0 Å². The van der Waals surface area contributed by atoms with Crippen molar-refractivity contribution in [1.29, 1.82) is 0 Å². The van der Waals surface area contributed by atoms with Crippen LogP contribution in [0.15, 0.2) is 30.3 Å². The van der Waals surface area contributed by atoms with E-state index in [0.717, 1.165) is 32.6 Å². The number of likely N-dealkylation sites (tertiary alicyclic amines) is 1. The summed E-state index contributed by atoms with van der Waals surface area (Å²) < 4.78 is 0. The monoisotopic (exact) mass is 261 g/mol. The standard InChI is InChI=1S/C15H23N3O/c16-10-15(19)17-11-14-7-9-18(12-14)8-6-13-4-2-1-3-5-13/h1-5,14H,6-12,16H2,(H,17,19). The molecular formula is C15H23N3O. The molecule has 1 atom stereocenters. The zero-order chi connectivity index (χ0) is 13.5. The van der Waals surface area contributed by atoms with E-state index < -0.39 is 0 Å². The van der Waals surface area contributed by atoms with Gasteiger partial charge in [-0.3, -0.25) is 4.79 Å². The van der Waals surface area contributed by atoms with Crippen molar-refractivity contribution >= 4 is 5.91 Å². The van der Waals surface area contributed by atoms with Gasteiger partial charge in [-0.15, -0.1) is 0 Å². The van der Waals surface area contributed by atoms with Crippen molar-refractivity contribution in [2.45, 2.75) is 12.8 Å². The Balaban J connectivity index is 1.66. The largest absolute Gasteiger partial charge is 0.355 e. The van der Waals surface area contributed by atoms with Crippen molar-refractivity contribution in [3.63, 3.8) is 0 Å². The molecule has 1 fully saturated rings. The normalized spacial score (nSPS) is 19.5. The van der Waals surface area contributed by atoms with Gasteiger partial charge in [0.25, 0.3) is 0 Å². The maximum atomic E-state index is 11.1. The summed E-state index contributed by atoms with van der Waals surface area (Å²) in [6.07, 6.45) is 2.27. The zero-order valence-corrected chi connectivity index (χ0v) is 11.3. The molecule has 0 spiro atoms. The number of rotatable bonds is 6. The van der Waals surface area contributed by atoms with Crippen molar-refractivity contribution in [2.75, 3.05) is 32.7 Å². The minimum absolute atomic E-state index is 0.0530. The maximum Gasteiger partial charge on any atom is 0.233 e. The van der Waals surface area contributed by atoms with Crippen LogP contribution in [0.1, 0.15) is 12.0 Å². The fraction of sp³-hybridized carbons (Fsp3) is 0.533. The van der Waals surface area contributed by atoms with E-state index in [2.05, 4.69) is 40.5 Å². The molecule has 1 amide bonds. The van der Waals surface area contributed by atoms with Crippen LogP contribution < -0.4 is 11.1 Å². The lowest BCUT2D eigenvalue weighted by Gasteiger charge is -2.16. The number of nitrogens with one attached hydrogen (secondary N) is 1. The first-order chi connectivity index (χ1) is 9.28. The van der Waals surface area contributed by atoms with Gasteiger partial charge >= 0.3 is 0 Å². The minimum Gasteiger partial charge on any atom is -0.355 e. The first-order valence-electron chi connectivity index (χ1n) is 7.01. The number of hydrogen-bond donors (Lipinski definition) is 2. The number of nitrogens with two attached hydrogens (primary N) is 1. The second-order valence-electron chi connectivity index (χ2n) is 5.20. The summed E-state index contributed by atoms with van der Waals surface area (Å²) in [7, 11) is 0. The molecule has 3 N–H and O–H groups in total. The third kappa shape index (κ3) is 4.65. The van der Waals surface area contributed by atoms with E-state index in [9.17, 15) is 4.79 Å². The Labute approximate surface area is 115 Å². The van der Waals surface area contributed by atoms with Crippen LogP contribution in [0.5, 0.6) is 0 Å². The Morgan fingerprint density at radius 1 is 1.37 bits per heavy atom. The van der Waals surface area contributed by atoms with Crippen LogP contribution >= 0.6 is 0 Å². The SMILES string of the molecule is NCC(=O)NCC1CCN(CCc2ccccc2)C1. The van der Waals surface area contributed by atoms with Crippen LogP contribution in [0, 0.1) is 5.92 Å². The van der Waals surface area contributed by atoms with E-state index in [-0.39, 0.29) is 12.5 Å². The van der Waals surface area contributed by atoms with Crippen molar-refractivity contribution in [1.82, 2.24) is 10.2 Å². The van der Waals surface area contributed by atoms with Crippen LogP contribution in [-0.2, 0) is 11.2 Å². The van der Waals surface area contributed by atoms with Crippen LogP contribution in [-0.4, -0.2) is 43.5 Å². The molecule has 1 saturated heterocycles. The summed E-state index contributed by atoms with van der Waals surface area (Å²) in [5, 5.41) is 2.88. The molecule has 104 valence electrons. The van der Waals surface area contributed by atoms with E-state index in [1.54, 1.807) is 0 Å². The highest BCUT2D eigenvalue weighted by molar-refractivity contribution is 5.77. The molecule has 1 unspecified atom stereocenters. The maximum absolute atomic E-state index is 11.1. The molecule has 4 heteroatoms. The molecule has 1 aromatic rings. The minimum atomic E-state index is -0.0530. The average molecular weight is 261 g/mol. The highest BCUT2D eigenvalue weighted by Crippen LogP contribution is 2.15. The van der Waals surface area contributed by atoms with Crippen LogP contribution in [0.2, 0.25) is 0 Å². The highest BCUT2D eigenvalue weighted by Gasteiger charge is 2.22. The number of hydrogen-bond acceptors (Lipinski definition) is 3. The summed E-state index contributed by atoms with van der Waals surface area (Å²) in [5.74, 6) is 0.522. The number of carbonyl (C=O) groups excluding carboxylic acids is 1. The fourth-order valence-electron chi connectivity index (χ4n) is 2.54. The van der Waals surface area contributed by atoms with Gasteiger partial charge < -0.3 is 16.0 Å². The Bertz CT molecular complexity index is 394. The third-order valence-corrected chi connectivity index (χ3v) is 3.70. The van der Waals surface area contributed by atoms with Gasteiger partial charge in [0.2, 0.25) is 5.91 Å². The molecule has 0 radical (unpaired) electrons. The fourth-order valence-corrected chi connectivity index (χ4v) is 2.54. The molecular weight excluding hydrogens is 238 g/mol. The third-order valence-electron chi connectivity index (χ3n) is 3.70. The summed E-state index contributed by atoms with van der Waals surface area (Å²) >= 11 is 0. The summed E-state index contributed by atoms with van der Waals surface area (Å²) in [6, 6.07) is 10.6. The topological polar surface area (TPSA) is 58.4 Å². The summed E-state index contributed by atoms with van der Waals surface area (Å²) in [6.45, 7) is 4.17. The van der Waals surface area contributed by atoms with Gasteiger partial charge in [-0.1, -0.05) is 30.3 Å². The molecule has 4 nitrogen and oxygen atoms in total. The molecule has 0 aromatic heterocycles. The van der Waals surface area contributed by atoms with Crippen molar-refractivity contribution in [2.24, 2.45) is 11.7 Å². The highest BCUT2D eigenvalue weighted by atomic mass is 16.1. The van der Waals surface area contributed by atoms with E-state index in [1.807, 2.05) is 0 Å². The van der Waals surface area contributed by atoms with E-state index in [4.69, 9.17) is 5.73 Å². The second-order valence-corrected chi connectivity index (χ2v) is 5.20. The lowest BCUT2D eigenvalue weighted by Crippen LogP contribution is -2.35. The van der Waals surface area contributed by atoms with E-state index >= 15 is 0 Å². The molecule has 2 rings (SSSR count). The first kappa shape index (κ1) is 14.0. The Morgan fingerprint density at radius 3 is 2.89 bits per heavy atom. The predicted octanol–water partition coefficient (Wildman–Crippen LogP) is 0.626. The predicted molar refractivity (Wildman–Crippen MR) is 76.8 cm³/mol. The van der Waals surface area contributed by atoms with Crippen molar-refractivity contribution in [3.05, 3.63) is 35.9 Å². The number of benzene rings is 1. The Morgan fingerprint density at radius 2 is 2.16 bits per heavy atom. The second kappa shape index (κ2) is 7.26. The molecule has 0 aliphatic carbocycles. The molecule has 1 heterocycles. The molecule has 1 aliphatic heterocycles. The lowest BCUT2D eigenvalue weighted by molar-refractivity contribution is -0.119. The van der Waals surface area contributed by atoms with E-state index in [0.29, 0.717) is 5.92 Å². The van der Waals surface area contributed by atoms with Gasteiger partial charge in [0.15, 0.2) is 0 Å². The number of nitrogens with zero attached hydrogens (tertiary/aromatic N) is 1. The zero-order valence-electron chi connectivity index (χ0n) is 11.3. The van der Waals surface area contributed by atoms with Crippen LogP contribution in [0.4, 0.5) is 0 Å². The first-order valence-corrected chi connectivity index (χ1v) is 7.01. The molecule has 0 saturated carbocycles. The van der Waals surface area contributed by atoms with Crippen molar-refractivity contribution in [3.8, 4) is 0 Å². The summed E-state index contributed by atoms with van der Waals surface area (Å²) in [5.41, 5.74) is 6.66. The molecule has 1 aromatic carbocycles. The average Bonchev–Trinajstić information content (AvgIpc) is 2.91. The van der Waals surface area contributed by atoms with Gasteiger partial charge in [0, 0.05) is 19.6 Å². The van der Waals surface area contributed by atoms with Crippen LogP contribution in [0.25, 0.3) is 0 Å². The Kier molecular flexibility index (Phi) is 5.36. The van der Waals surface area contributed by atoms with E-state index in [1.165, 1.54) is 12.0 Å². The van der Waals surface area contributed by atoms with Gasteiger partial charge in [-0.25, -0.2) is 0 Å². The Hall–Kier alpha value is -1.39. The van der Waals surface area contributed by atoms with Crippen LogP contribution in [0.3, 0.4) is 0 Å². The lowest BCUT2D eigenvalue weighted by atomic mass is 10.1. The summed E-state index contributed by atoms with van der Waals surface area (Å²) in [4.78, 5) is 13.6. The number of carbonyl (C=O) groups is 1. The van der Waals surface area contributed by atoms with Crippen molar-refractivity contribution < 1.29 is 4.79 Å². The van der Waals surface area contributed by atoms with Gasteiger partial charge in [0.05, 0.1) is 6.54 Å². The smallest absolute Gasteiger partial charge is 0.233 e. The number of amides is 1. The molecule has 1 aliphatic rings. The molecule has 19 heavy (non-hydrogen) atoms.